The highest BCUT2D eigenvalue weighted by molar-refractivity contribution is 5.85. The van der Waals surface area contributed by atoms with Crippen LogP contribution in [0.4, 0.5) is 14.5 Å². The first kappa shape index (κ1) is 13.9. The predicted octanol–water partition coefficient (Wildman–Crippen LogP) is 2.41. The molecule has 0 aliphatic carbocycles. The van der Waals surface area contributed by atoms with E-state index >= 15 is 0 Å². The number of carbonyl (C=O) groups is 1. The standard InChI is InChI=1S/C14H14F2N4O/c1-14(12(15)16)8-19-4-3-11(20(19)13(14)21)9-5-10(17-2)7-18-6-9/h5-7,11-12H,3-4,8H2,1H3/t11-,14-/m1/s1. The van der Waals surface area contributed by atoms with E-state index in [1.807, 2.05) is 0 Å². The molecular weight excluding hydrogens is 278 g/mol. The zero-order chi connectivity index (χ0) is 15.2. The lowest BCUT2D eigenvalue weighted by Crippen LogP contribution is -2.39. The number of carbonyl (C=O) groups excluding carboxylic acids is 1. The summed E-state index contributed by atoms with van der Waals surface area (Å²) < 4.78 is 26.4. The number of halogens is 2. The van der Waals surface area contributed by atoms with Gasteiger partial charge in [-0.05, 0) is 25.0 Å². The van der Waals surface area contributed by atoms with Crippen molar-refractivity contribution in [1.29, 1.82) is 0 Å². The maximum atomic E-state index is 13.2. The highest BCUT2D eigenvalue weighted by atomic mass is 19.3. The summed E-state index contributed by atoms with van der Waals surface area (Å²) in [5, 5.41) is 3.11. The Kier molecular flexibility index (Phi) is 3.14. The number of hydrazine groups is 1. The fourth-order valence-electron chi connectivity index (χ4n) is 2.99. The molecule has 0 spiro atoms. The average molecular weight is 292 g/mol. The molecule has 0 saturated carbocycles. The van der Waals surface area contributed by atoms with Crippen molar-refractivity contribution in [2.45, 2.75) is 25.8 Å². The van der Waals surface area contributed by atoms with E-state index in [9.17, 15) is 13.6 Å². The molecule has 110 valence electrons. The highest BCUT2D eigenvalue weighted by Gasteiger charge is 2.57. The molecule has 0 bridgehead atoms. The van der Waals surface area contributed by atoms with Gasteiger partial charge in [-0.2, -0.15) is 0 Å². The Bertz CT molecular complexity index is 630. The lowest BCUT2D eigenvalue weighted by Gasteiger charge is -2.26. The maximum absolute atomic E-state index is 13.2. The van der Waals surface area contributed by atoms with Gasteiger partial charge in [0, 0.05) is 25.5 Å². The lowest BCUT2D eigenvalue weighted by molar-refractivity contribution is -0.147. The summed E-state index contributed by atoms with van der Waals surface area (Å²) in [6.45, 7) is 8.91. The summed E-state index contributed by atoms with van der Waals surface area (Å²) in [7, 11) is 0. The van der Waals surface area contributed by atoms with Gasteiger partial charge in [0.2, 0.25) is 5.69 Å². The number of aromatic nitrogens is 1. The molecule has 3 rings (SSSR count). The topological polar surface area (TPSA) is 40.8 Å². The van der Waals surface area contributed by atoms with Crippen molar-refractivity contribution < 1.29 is 13.6 Å². The second kappa shape index (κ2) is 4.74. The van der Waals surface area contributed by atoms with E-state index in [2.05, 4.69) is 9.83 Å². The van der Waals surface area contributed by atoms with Crippen LogP contribution in [0.25, 0.3) is 4.85 Å². The van der Waals surface area contributed by atoms with Gasteiger partial charge in [0.25, 0.3) is 12.3 Å². The van der Waals surface area contributed by atoms with Crippen LogP contribution >= 0.6 is 0 Å². The van der Waals surface area contributed by atoms with Crippen LogP contribution in [0.2, 0.25) is 0 Å². The minimum absolute atomic E-state index is 0.0376. The molecule has 2 aliphatic heterocycles. The fourth-order valence-corrected chi connectivity index (χ4v) is 2.99. The Labute approximate surface area is 121 Å². The normalized spacial score (nSPS) is 29.0. The van der Waals surface area contributed by atoms with Gasteiger partial charge < -0.3 is 0 Å². The smallest absolute Gasteiger partial charge is 0.254 e. The van der Waals surface area contributed by atoms with E-state index in [1.54, 1.807) is 17.3 Å². The summed E-state index contributed by atoms with van der Waals surface area (Å²) in [5.41, 5.74) is -0.546. The first-order chi connectivity index (χ1) is 9.97. The molecule has 2 saturated heterocycles. The third-order valence-corrected chi connectivity index (χ3v) is 4.21. The SMILES string of the molecule is [C-]#[N+]c1cncc([C@H]2CCN3C[C@](C)(C(F)F)C(=O)N23)c1. The molecule has 2 aliphatic rings. The number of hydrogen-bond donors (Lipinski definition) is 0. The van der Waals surface area contributed by atoms with E-state index in [0.29, 0.717) is 18.7 Å². The Morgan fingerprint density at radius 3 is 2.95 bits per heavy atom. The van der Waals surface area contributed by atoms with E-state index in [-0.39, 0.29) is 12.6 Å². The molecule has 2 fully saturated rings. The van der Waals surface area contributed by atoms with Gasteiger partial charge in [-0.15, -0.1) is 0 Å². The molecule has 2 atom stereocenters. The number of fused-ring (bicyclic) bond motifs is 1. The zero-order valence-corrected chi connectivity index (χ0v) is 11.5. The largest absolute Gasteiger partial charge is 0.276 e. The highest BCUT2D eigenvalue weighted by Crippen LogP contribution is 2.45. The van der Waals surface area contributed by atoms with E-state index in [0.717, 1.165) is 5.56 Å². The van der Waals surface area contributed by atoms with Gasteiger partial charge >= 0.3 is 0 Å². The number of pyridine rings is 1. The Morgan fingerprint density at radius 1 is 1.52 bits per heavy atom. The summed E-state index contributed by atoms with van der Waals surface area (Å²) >= 11 is 0. The van der Waals surface area contributed by atoms with E-state index in [4.69, 9.17) is 6.57 Å². The molecule has 1 aromatic heterocycles. The number of rotatable bonds is 2. The van der Waals surface area contributed by atoms with E-state index < -0.39 is 17.7 Å². The minimum atomic E-state index is -2.69. The summed E-state index contributed by atoms with van der Waals surface area (Å²) in [4.78, 5) is 19.7. The van der Waals surface area contributed by atoms with Gasteiger partial charge in [0.05, 0.1) is 12.6 Å². The third kappa shape index (κ3) is 1.98. The van der Waals surface area contributed by atoms with Crippen molar-refractivity contribution >= 4 is 11.6 Å². The Balaban J connectivity index is 1.94. The van der Waals surface area contributed by atoms with Gasteiger partial charge in [0.1, 0.15) is 5.41 Å². The van der Waals surface area contributed by atoms with Crippen LogP contribution in [0.15, 0.2) is 18.5 Å². The summed E-state index contributed by atoms with van der Waals surface area (Å²) in [6, 6.07) is 1.35. The van der Waals surface area contributed by atoms with Crippen molar-refractivity contribution in [2.24, 2.45) is 5.41 Å². The molecule has 0 aromatic carbocycles. The monoisotopic (exact) mass is 292 g/mol. The molecule has 0 N–H and O–H groups in total. The molecule has 7 heteroatoms. The summed E-state index contributed by atoms with van der Waals surface area (Å²) in [5.74, 6) is -0.548. The fraction of sp³-hybridized carbons (Fsp3) is 0.500. The first-order valence-electron chi connectivity index (χ1n) is 6.66. The molecule has 5 nitrogen and oxygen atoms in total. The molecule has 3 heterocycles. The molecular formula is C14H14F2N4O. The van der Waals surface area contributed by atoms with Crippen LogP contribution in [-0.2, 0) is 4.79 Å². The predicted molar refractivity (Wildman–Crippen MR) is 70.4 cm³/mol. The second-order valence-corrected chi connectivity index (χ2v) is 5.65. The average Bonchev–Trinajstić information content (AvgIpc) is 2.99. The maximum Gasteiger partial charge on any atom is 0.254 e. The van der Waals surface area contributed by atoms with Gasteiger partial charge in [0.15, 0.2) is 0 Å². The Morgan fingerprint density at radius 2 is 2.29 bits per heavy atom. The quantitative estimate of drug-likeness (QED) is 0.786. The number of alkyl halides is 2. The third-order valence-electron chi connectivity index (χ3n) is 4.21. The first-order valence-corrected chi connectivity index (χ1v) is 6.66. The minimum Gasteiger partial charge on any atom is -0.276 e. The van der Waals surface area contributed by atoms with Gasteiger partial charge in [-0.25, -0.2) is 18.6 Å². The number of hydrogen-bond acceptors (Lipinski definition) is 3. The van der Waals surface area contributed by atoms with Gasteiger partial charge in [-0.1, -0.05) is 0 Å². The Hall–Kier alpha value is -2.07. The van der Waals surface area contributed by atoms with Crippen LogP contribution in [0.3, 0.4) is 0 Å². The van der Waals surface area contributed by atoms with Gasteiger partial charge in [-0.3, -0.25) is 14.8 Å². The van der Waals surface area contributed by atoms with Crippen molar-refractivity contribution in [3.05, 3.63) is 35.4 Å². The van der Waals surface area contributed by atoms with Crippen LogP contribution in [-0.4, -0.2) is 40.4 Å². The number of nitrogens with zero attached hydrogens (tertiary/aromatic N) is 4. The van der Waals surface area contributed by atoms with Crippen LogP contribution < -0.4 is 0 Å². The number of amides is 1. The van der Waals surface area contributed by atoms with Crippen molar-refractivity contribution in [3.63, 3.8) is 0 Å². The molecule has 1 aromatic rings. The lowest BCUT2D eigenvalue weighted by atomic mass is 9.90. The molecule has 0 unspecified atom stereocenters. The van der Waals surface area contributed by atoms with Crippen molar-refractivity contribution in [3.8, 4) is 0 Å². The molecule has 21 heavy (non-hydrogen) atoms. The van der Waals surface area contributed by atoms with Crippen LogP contribution in [0.1, 0.15) is 24.9 Å². The summed E-state index contributed by atoms with van der Waals surface area (Å²) in [6.07, 6.45) is 1.00. The van der Waals surface area contributed by atoms with Crippen molar-refractivity contribution in [2.75, 3.05) is 13.1 Å². The second-order valence-electron chi connectivity index (χ2n) is 5.65. The van der Waals surface area contributed by atoms with Crippen LogP contribution in [0, 0.1) is 12.0 Å². The van der Waals surface area contributed by atoms with Crippen molar-refractivity contribution in [1.82, 2.24) is 15.0 Å². The molecule has 0 radical (unpaired) electrons. The molecule has 1 amide bonds. The van der Waals surface area contributed by atoms with E-state index in [1.165, 1.54) is 18.1 Å². The zero-order valence-electron chi connectivity index (χ0n) is 11.5. The van der Waals surface area contributed by atoms with Crippen LogP contribution in [0.5, 0.6) is 0 Å².